The summed E-state index contributed by atoms with van der Waals surface area (Å²) >= 11 is 0. The smallest absolute Gasteiger partial charge is 0.252 e. The lowest BCUT2D eigenvalue weighted by molar-refractivity contribution is -0.136. The predicted molar refractivity (Wildman–Crippen MR) is 113 cm³/mol. The molecule has 1 aromatic carbocycles. The summed E-state index contributed by atoms with van der Waals surface area (Å²) in [5, 5.41) is 5.85. The average Bonchev–Trinajstić information content (AvgIpc) is 2.76. The molecule has 2 N–H and O–H groups in total. The van der Waals surface area contributed by atoms with Crippen LogP contribution in [0.1, 0.15) is 37.0 Å². The quantitative estimate of drug-likeness (QED) is 0.632. The second-order valence-electron chi connectivity index (χ2n) is 7.97. The summed E-state index contributed by atoms with van der Waals surface area (Å²) in [7, 11) is 3.03. The molecule has 1 atom stereocenters. The molecule has 0 spiro atoms. The van der Waals surface area contributed by atoms with Crippen molar-refractivity contribution < 1.29 is 23.9 Å². The summed E-state index contributed by atoms with van der Waals surface area (Å²) < 4.78 is 10.1. The highest BCUT2D eigenvalue weighted by atomic mass is 16.5. The van der Waals surface area contributed by atoms with Gasteiger partial charge in [0.05, 0.1) is 7.11 Å². The van der Waals surface area contributed by atoms with Gasteiger partial charge in [0.25, 0.3) is 5.91 Å². The van der Waals surface area contributed by atoms with Crippen LogP contribution in [0.25, 0.3) is 0 Å². The van der Waals surface area contributed by atoms with E-state index in [0.29, 0.717) is 49.7 Å². The third-order valence-electron chi connectivity index (χ3n) is 5.22. The first-order chi connectivity index (χ1) is 14.3. The maximum absolute atomic E-state index is 12.9. The number of benzene rings is 1. The number of methoxy groups -OCH3 is 2. The van der Waals surface area contributed by atoms with E-state index >= 15 is 0 Å². The highest BCUT2D eigenvalue weighted by molar-refractivity contribution is 5.98. The number of likely N-dealkylation sites (tertiary alicyclic amines) is 1. The number of nitrogens with zero attached hydrogens (tertiary/aromatic N) is 1. The summed E-state index contributed by atoms with van der Waals surface area (Å²) in [4.78, 5) is 39.5. The lowest BCUT2D eigenvalue weighted by atomic mass is 9.88. The summed E-state index contributed by atoms with van der Waals surface area (Å²) in [6.45, 7) is 5.70. The number of nitrogens with one attached hydrogen (secondary N) is 2. The van der Waals surface area contributed by atoms with Crippen LogP contribution in [0.15, 0.2) is 24.3 Å². The average molecular weight is 420 g/mol. The van der Waals surface area contributed by atoms with Gasteiger partial charge >= 0.3 is 0 Å². The Morgan fingerprint density at radius 3 is 2.47 bits per heavy atom. The highest BCUT2D eigenvalue weighted by Crippen LogP contribution is 2.22. The van der Waals surface area contributed by atoms with Crippen LogP contribution in [0.4, 0.5) is 0 Å². The number of rotatable bonds is 9. The van der Waals surface area contributed by atoms with E-state index < -0.39 is 6.04 Å². The number of amides is 3. The Labute approximate surface area is 178 Å². The molecule has 1 aliphatic heterocycles. The number of piperidine rings is 1. The van der Waals surface area contributed by atoms with Crippen molar-refractivity contribution in [1.82, 2.24) is 15.5 Å². The van der Waals surface area contributed by atoms with Gasteiger partial charge in [-0.2, -0.15) is 0 Å². The van der Waals surface area contributed by atoms with E-state index in [2.05, 4.69) is 10.6 Å². The van der Waals surface area contributed by atoms with Crippen LogP contribution in [0.3, 0.4) is 0 Å². The van der Waals surface area contributed by atoms with Crippen LogP contribution < -0.4 is 15.4 Å². The Balaban J connectivity index is 2.09. The van der Waals surface area contributed by atoms with Crippen molar-refractivity contribution in [3.63, 3.8) is 0 Å². The van der Waals surface area contributed by atoms with Crippen LogP contribution in [0.5, 0.6) is 5.75 Å². The van der Waals surface area contributed by atoms with Gasteiger partial charge in [-0.1, -0.05) is 19.9 Å². The number of carbonyl (C=O) groups is 3. The largest absolute Gasteiger partial charge is 0.497 e. The molecule has 1 fully saturated rings. The Hall–Kier alpha value is -2.61. The Morgan fingerprint density at radius 2 is 1.87 bits per heavy atom. The molecule has 0 saturated carbocycles. The van der Waals surface area contributed by atoms with Crippen LogP contribution in [-0.2, 0) is 14.3 Å². The van der Waals surface area contributed by atoms with Gasteiger partial charge in [-0.15, -0.1) is 0 Å². The van der Waals surface area contributed by atoms with E-state index in [1.54, 1.807) is 29.2 Å². The summed E-state index contributed by atoms with van der Waals surface area (Å²) in [6.07, 6.45) is 1.27. The third-order valence-corrected chi connectivity index (χ3v) is 5.22. The molecule has 1 unspecified atom stereocenters. The van der Waals surface area contributed by atoms with Gasteiger partial charge in [0.15, 0.2) is 0 Å². The standard InChI is InChI=1S/C22H33N3O5/c1-15(2)13-23-22(28)20(16-8-10-25(11-9-16)19(26)14-29-3)24-21(27)17-6-5-7-18(12-17)30-4/h5-7,12,15-16,20H,8-11,13-14H2,1-4H3,(H,23,28)(H,24,27). The fourth-order valence-electron chi connectivity index (χ4n) is 3.50. The van der Waals surface area contributed by atoms with E-state index in [9.17, 15) is 14.4 Å². The molecule has 3 amide bonds. The zero-order valence-corrected chi connectivity index (χ0v) is 18.3. The number of hydrogen-bond donors (Lipinski definition) is 2. The molecule has 30 heavy (non-hydrogen) atoms. The number of carbonyl (C=O) groups excluding carboxylic acids is 3. The van der Waals surface area contributed by atoms with Crippen molar-refractivity contribution in [3.8, 4) is 5.75 Å². The number of ether oxygens (including phenoxy) is 2. The van der Waals surface area contributed by atoms with Gasteiger partial charge < -0.3 is 25.0 Å². The third kappa shape index (κ3) is 6.73. The van der Waals surface area contributed by atoms with Crippen molar-refractivity contribution in [2.24, 2.45) is 11.8 Å². The summed E-state index contributed by atoms with van der Waals surface area (Å²) in [5.74, 6) is 0.249. The van der Waals surface area contributed by atoms with Crippen LogP contribution in [0, 0.1) is 11.8 Å². The van der Waals surface area contributed by atoms with Crippen LogP contribution in [-0.4, -0.2) is 69.1 Å². The Kier molecular flexibility index (Phi) is 9.11. The monoisotopic (exact) mass is 419 g/mol. The lowest BCUT2D eigenvalue weighted by Crippen LogP contribution is -2.54. The van der Waals surface area contributed by atoms with E-state index in [1.165, 1.54) is 14.2 Å². The first kappa shape index (κ1) is 23.7. The first-order valence-electron chi connectivity index (χ1n) is 10.3. The minimum Gasteiger partial charge on any atom is -0.497 e. The maximum Gasteiger partial charge on any atom is 0.252 e. The van der Waals surface area contributed by atoms with Gasteiger partial charge in [0.2, 0.25) is 11.8 Å². The number of hydrogen-bond acceptors (Lipinski definition) is 5. The van der Waals surface area contributed by atoms with Gasteiger partial charge in [-0.25, -0.2) is 0 Å². The highest BCUT2D eigenvalue weighted by Gasteiger charge is 2.34. The first-order valence-corrected chi connectivity index (χ1v) is 10.3. The van der Waals surface area contributed by atoms with Crippen molar-refractivity contribution in [1.29, 1.82) is 0 Å². The molecule has 8 nitrogen and oxygen atoms in total. The minimum atomic E-state index is -0.665. The molecule has 0 aromatic heterocycles. The Bertz CT molecular complexity index is 729. The van der Waals surface area contributed by atoms with Crippen LogP contribution in [0.2, 0.25) is 0 Å². The molecule has 0 aliphatic carbocycles. The van der Waals surface area contributed by atoms with Crippen LogP contribution >= 0.6 is 0 Å². The van der Waals surface area contributed by atoms with Crippen molar-refractivity contribution >= 4 is 17.7 Å². The molecular formula is C22H33N3O5. The van der Waals surface area contributed by atoms with Gasteiger partial charge in [0, 0.05) is 32.3 Å². The topological polar surface area (TPSA) is 97.0 Å². The van der Waals surface area contributed by atoms with E-state index in [0.717, 1.165) is 0 Å². The molecule has 8 heteroatoms. The molecule has 0 radical (unpaired) electrons. The fourth-order valence-corrected chi connectivity index (χ4v) is 3.50. The minimum absolute atomic E-state index is 0.0511. The molecule has 1 aliphatic rings. The summed E-state index contributed by atoms with van der Waals surface area (Å²) in [5.41, 5.74) is 0.434. The van der Waals surface area contributed by atoms with E-state index in [-0.39, 0.29) is 30.2 Å². The Morgan fingerprint density at radius 1 is 1.17 bits per heavy atom. The lowest BCUT2D eigenvalue weighted by Gasteiger charge is -2.35. The zero-order chi connectivity index (χ0) is 22.1. The van der Waals surface area contributed by atoms with Crippen molar-refractivity contribution in [2.75, 3.05) is 40.5 Å². The second kappa shape index (κ2) is 11.5. The van der Waals surface area contributed by atoms with Gasteiger partial charge in [-0.3, -0.25) is 14.4 Å². The molecule has 166 valence electrons. The second-order valence-corrected chi connectivity index (χ2v) is 7.97. The predicted octanol–water partition coefficient (Wildman–Crippen LogP) is 1.45. The molecule has 2 rings (SSSR count). The van der Waals surface area contributed by atoms with E-state index in [1.807, 2.05) is 13.8 Å². The fraction of sp³-hybridized carbons (Fsp3) is 0.591. The maximum atomic E-state index is 12.9. The molecule has 1 heterocycles. The van der Waals surface area contributed by atoms with Gasteiger partial charge in [0.1, 0.15) is 18.4 Å². The van der Waals surface area contributed by atoms with Crippen molar-refractivity contribution in [3.05, 3.63) is 29.8 Å². The van der Waals surface area contributed by atoms with Crippen molar-refractivity contribution in [2.45, 2.75) is 32.7 Å². The van der Waals surface area contributed by atoms with E-state index in [4.69, 9.17) is 9.47 Å². The molecular weight excluding hydrogens is 386 g/mol. The van der Waals surface area contributed by atoms with Gasteiger partial charge in [-0.05, 0) is 42.9 Å². The molecule has 1 aromatic rings. The molecule has 0 bridgehead atoms. The molecule has 1 saturated heterocycles. The zero-order valence-electron chi connectivity index (χ0n) is 18.3. The summed E-state index contributed by atoms with van der Waals surface area (Å²) in [6, 6.07) is 6.16. The SMILES string of the molecule is COCC(=O)N1CCC(C(NC(=O)c2cccc(OC)c2)C(=O)NCC(C)C)CC1. The normalized spacial score (nSPS) is 15.6.